The highest BCUT2D eigenvalue weighted by Crippen LogP contribution is 2.32. The summed E-state index contributed by atoms with van der Waals surface area (Å²) in [5.41, 5.74) is 0.160. The van der Waals surface area contributed by atoms with E-state index in [1.807, 2.05) is 37.3 Å². The van der Waals surface area contributed by atoms with Crippen LogP contribution in [0.5, 0.6) is 0 Å². The monoisotopic (exact) mass is 411 g/mol. The number of hydrogen-bond acceptors (Lipinski definition) is 3. The number of nitrogens with one attached hydrogen (secondary N) is 2. The van der Waals surface area contributed by atoms with Crippen molar-refractivity contribution < 1.29 is 18.8 Å². The van der Waals surface area contributed by atoms with Gasteiger partial charge in [0.25, 0.3) is 5.91 Å². The summed E-state index contributed by atoms with van der Waals surface area (Å²) >= 11 is 0. The van der Waals surface area contributed by atoms with E-state index in [9.17, 15) is 18.8 Å². The second kappa shape index (κ2) is 9.07. The topological polar surface area (TPSA) is 78.5 Å². The molecule has 1 aliphatic heterocycles. The van der Waals surface area contributed by atoms with Gasteiger partial charge in [-0.2, -0.15) is 0 Å². The Balaban J connectivity index is 1.76. The average molecular weight is 411 g/mol. The third kappa shape index (κ3) is 4.20. The highest BCUT2D eigenvalue weighted by Gasteiger charge is 2.51. The lowest BCUT2D eigenvalue weighted by molar-refractivity contribution is -0.135. The van der Waals surface area contributed by atoms with E-state index in [1.54, 1.807) is 6.92 Å². The van der Waals surface area contributed by atoms with E-state index < -0.39 is 29.2 Å². The van der Waals surface area contributed by atoms with Crippen LogP contribution in [0.4, 0.5) is 9.18 Å². The summed E-state index contributed by atoms with van der Waals surface area (Å²) < 4.78 is 13.3. The summed E-state index contributed by atoms with van der Waals surface area (Å²) in [7, 11) is 0. The van der Waals surface area contributed by atoms with E-state index in [0.29, 0.717) is 5.56 Å². The fraction of sp³-hybridized carbons (Fsp3) is 0.348. The maximum atomic E-state index is 13.3. The molecule has 4 amide bonds. The fourth-order valence-electron chi connectivity index (χ4n) is 3.82. The molecule has 2 aromatic carbocycles. The van der Waals surface area contributed by atoms with Crippen molar-refractivity contribution >= 4 is 17.8 Å². The quantitative estimate of drug-likeness (QED) is 0.651. The lowest BCUT2D eigenvalue weighted by Gasteiger charge is -2.26. The highest BCUT2D eigenvalue weighted by atomic mass is 19.1. The van der Waals surface area contributed by atoms with Crippen LogP contribution in [0.1, 0.15) is 50.3 Å². The molecular weight excluding hydrogens is 385 g/mol. The van der Waals surface area contributed by atoms with Gasteiger partial charge in [0.15, 0.2) is 0 Å². The Morgan fingerprint density at radius 2 is 1.77 bits per heavy atom. The molecule has 3 rings (SSSR count). The van der Waals surface area contributed by atoms with E-state index in [1.165, 1.54) is 24.3 Å². The summed E-state index contributed by atoms with van der Waals surface area (Å²) in [5.74, 6) is -1.35. The molecule has 0 bridgehead atoms. The predicted octanol–water partition coefficient (Wildman–Crippen LogP) is 3.64. The molecule has 2 aromatic rings. The molecule has 0 aliphatic carbocycles. The maximum absolute atomic E-state index is 13.3. The number of halogens is 1. The van der Waals surface area contributed by atoms with Crippen LogP contribution in [-0.2, 0) is 15.1 Å². The first-order chi connectivity index (χ1) is 14.4. The van der Waals surface area contributed by atoms with Gasteiger partial charge in [-0.1, -0.05) is 62.7 Å². The van der Waals surface area contributed by atoms with Crippen LogP contribution >= 0.6 is 0 Å². The molecule has 7 heteroatoms. The minimum Gasteiger partial charge on any atom is -0.348 e. The Labute approximate surface area is 175 Å². The number of carbonyl (C=O) groups is 3. The van der Waals surface area contributed by atoms with Gasteiger partial charge in [-0.05, 0) is 36.1 Å². The van der Waals surface area contributed by atoms with Gasteiger partial charge >= 0.3 is 6.03 Å². The first kappa shape index (κ1) is 21.5. The van der Waals surface area contributed by atoms with Crippen LogP contribution in [0.15, 0.2) is 54.6 Å². The van der Waals surface area contributed by atoms with Crippen molar-refractivity contribution in [3.8, 4) is 0 Å². The van der Waals surface area contributed by atoms with E-state index in [0.717, 1.165) is 23.3 Å². The third-order valence-corrected chi connectivity index (χ3v) is 5.46. The zero-order valence-corrected chi connectivity index (χ0v) is 17.2. The van der Waals surface area contributed by atoms with Crippen LogP contribution < -0.4 is 10.6 Å². The minimum atomic E-state index is -1.30. The Morgan fingerprint density at radius 3 is 2.37 bits per heavy atom. The second-order valence-corrected chi connectivity index (χ2v) is 7.41. The summed E-state index contributed by atoms with van der Waals surface area (Å²) in [6, 6.07) is 14.2. The molecule has 30 heavy (non-hydrogen) atoms. The molecule has 1 fully saturated rings. The Kier molecular flexibility index (Phi) is 6.50. The molecular formula is C23H26FN3O3. The molecule has 1 aliphatic rings. The zero-order valence-electron chi connectivity index (χ0n) is 17.2. The molecule has 0 unspecified atom stereocenters. The van der Waals surface area contributed by atoms with Gasteiger partial charge in [-0.3, -0.25) is 14.5 Å². The average Bonchev–Trinajstić information content (AvgIpc) is 2.99. The van der Waals surface area contributed by atoms with Gasteiger partial charge in [0.05, 0.1) is 6.04 Å². The van der Waals surface area contributed by atoms with Crippen LogP contribution in [0.2, 0.25) is 0 Å². The first-order valence-electron chi connectivity index (χ1n) is 10.2. The van der Waals surface area contributed by atoms with Crippen LogP contribution in [0, 0.1) is 5.82 Å². The standard InChI is InChI=1S/C23H26FN3O3/c1-3-8-19(16-9-6-5-7-10-16)25-20(28)15-27-21(29)23(4-2,26-22(27)30)17-11-13-18(24)14-12-17/h5-7,9-14,19H,3-4,8,15H2,1-2H3,(H,25,28)(H,26,30)/t19-,23-/m0/s1. The molecule has 0 radical (unpaired) electrons. The number of rotatable bonds is 8. The molecule has 0 aromatic heterocycles. The zero-order chi connectivity index (χ0) is 21.7. The number of benzene rings is 2. The normalized spacial score (nSPS) is 19.5. The molecule has 0 spiro atoms. The number of nitrogens with zero attached hydrogens (tertiary/aromatic N) is 1. The van der Waals surface area contributed by atoms with Gasteiger partial charge in [-0.25, -0.2) is 9.18 Å². The molecule has 158 valence electrons. The van der Waals surface area contributed by atoms with Gasteiger partial charge in [0.1, 0.15) is 17.9 Å². The molecule has 1 saturated heterocycles. The number of hydrogen-bond donors (Lipinski definition) is 2. The Morgan fingerprint density at radius 1 is 1.10 bits per heavy atom. The predicted molar refractivity (Wildman–Crippen MR) is 111 cm³/mol. The Hall–Kier alpha value is -3.22. The van der Waals surface area contributed by atoms with Gasteiger partial charge in [0.2, 0.25) is 5.91 Å². The number of amides is 4. The maximum Gasteiger partial charge on any atom is 0.325 e. The molecule has 0 saturated carbocycles. The van der Waals surface area contributed by atoms with Crippen molar-refractivity contribution in [3.05, 3.63) is 71.5 Å². The summed E-state index contributed by atoms with van der Waals surface area (Å²) in [6.45, 7) is 3.41. The van der Waals surface area contributed by atoms with Crippen molar-refractivity contribution in [2.45, 2.75) is 44.7 Å². The lowest BCUT2D eigenvalue weighted by Crippen LogP contribution is -2.45. The van der Waals surface area contributed by atoms with Crippen molar-refractivity contribution in [3.63, 3.8) is 0 Å². The van der Waals surface area contributed by atoms with E-state index >= 15 is 0 Å². The van der Waals surface area contributed by atoms with Crippen LogP contribution in [0.3, 0.4) is 0 Å². The molecule has 1 heterocycles. The molecule has 2 N–H and O–H groups in total. The van der Waals surface area contributed by atoms with Crippen LogP contribution in [0.25, 0.3) is 0 Å². The highest BCUT2D eigenvalue weighted by molar-refractivity contribution is 6.09. The SMILES string of the molecule is CCC[C@H](NC(=O)CN1C(=O)N[C@@](CC)(c2ccc(F)cc2)C1=O)c1ccccc1. The molecule has 6 nitrogen and oxygen atoms in total. The second-order valence-electron chi connectivity index (χ2n) is 7.41. The van der Waals surface area contributed by atoms with Crippen molar-refractivity contribution in [1.29, 1.82) is 0 Å². The lowest BCUT2D eigenvalue weighted by atomic mass is 9.87. The van der Waals surface area contributed by atoms with Gasteiger partial charge < -0.3 is 10.6 Å². The van der Waals surface area contributed by atoms with Gasteiger partial charge in [0, 0.05) is 0 Å². The Bertz CT molecular complexity index is 917. The number of imide groups is 1. The van der Waals surface area contributed by atoms with E-state index in [2.05, 4.69) is 10.6 Å². The largest absolute Gasteiger partial charge is 0.348 e. The van der Waals surface area contributed by atoms with Crippen molar-refractivity contribution in [2.24, 2.45) is 0 Å². The minimum absolute atomic E-state index is 0.197. The number of carbonyl (C=O) groups excluding carboxylic acids is 3. The summed E-state index contributed by atoms with van der Waals surface area (Å²) in [6.07, 6.45) is 1.89. The smallest absolute Gasteiger partial charge is 0.325 e. The third-order valence-electron chi connectivity index (χ3n) is 5.46. The summed E-state index contributed by atoms with van der Waals surface area (Å²) in [4.78, 5) is 39.3. The summed E-state index contributed by atoms with van der Waals surface area (Å²) in [5, 5.41) is 5.64. The van der Waals surface area contributed by atoms with Crippen LogP contribution in [-0.4, -0.2) is 29.3 Å². The van der Waals surface area contributed by atoms with Crippen molar-refractivity contribution in [1.82, 2.24) is 15.5 Å². The first-order valence-corrected chi connectivity index (χ1v) is 10.2. The van der Waals surface area contributed by atoms with E-state index in [4.69, 9.17) is 0 Å². The number of urea groups is 1. The van der Waals surface area contributed by atoms with Crippen molar-refractivity contribution in [2.75, 3.05) is 6.54 Å². The van der Waals surface area contributed by atoms with E-state index in [-0.39, 0.29) is 19.0 Å². The fourth-order valence-corrected chi connectivity index (χ4v) is 3.82. The molecule has 2 atom stereocenters. The van der Waals surface area contributed by atoms with Gasteiger partial charge in [-0.15, -0.1) is 0 Å².